The Hall–Kier alpha value is -2.88. The molecule has 1 aliphatic heterocycles. The van der Waals surface area contributed by atoms with Crippen LogP contribution in [0.15, 0.2) is 59.4 Å². The second-order valence-corrected chi connectivity index (χ2v) is 6.86. The van der Waals surface area contributed by atoms with E-state index in [2.05, 4.69) is 29.4 Å². The summed E-state index contributed by atoms with van der Waals surface area (Å²) < 4.78 is 0. The van der Waals surface area contributed by atoms with Crippen molar-refractivity contribution in [2.24, 2.45) is 5.92 Å². The van der Waals surface area contributed by atoms with Gasteiger partial charge in [-0.2, -0.15) is 0 Å². The first-order chi connectivity index (χ1) is 12.1. The monoisotopic (exact) mass is 332 g/mol. The van der Waals surface area contributed by atoms with Gasteiger partial charge in [-0.15, -0.1) is 0 Å². The van der Waals surface area contributed by atoms with Crippen molar-refractivity contribution in [3.63, 3.8) is 0 Å². The van der Waals surface area contributed by atoms with Crippen molar-refractivity contribution in [2.45, 2.75) is 25.8 Å². The highest BCUT2D eigenvalue weighted by Crippen LogP contribution is 2.29. The van der Waals surface area contributed by atoms with Crippen molar-refractivity contribution in [3.8, 4) is 0 Å². The van der Waals surface area contributed by atoms with Crippen LogP contribution in [0.3, 0.4) is 0 Å². The van der Waals surface area contributed by atoms with Crippen LogP contribution in [-0.2, 0) is 11.2 Å². The highest BCUT2D eigenvalue weighted by Gasteiger charge is 2.29. The van der Waals surface area contributed by atoms with Gasteiger partial charge < -0.3 is 10.3 Å². The van der Waals surface area contributed by atoms with Crippen LogP contribution in [0.1, 0.15) is 36.1 Å². The van der Waals surface area contributed by atoms with Crippen molar-refractivity contribution in [1.29, 1.82) is 0 Å². The topological polar surface area (TPSA) is 62.0 Å². The van der Waals surface area contributed by atoms with Crippen LogP contribution in [0.25, 0.3) is 10.9 Å². The van der Waals surface area contributed by atoms with E-state index >= 15 is 0 Å². The lowest BCUT2D eigenvalue weighted by Crippen LogP contribution is -2.20. The quantitative estimate of drug-likeness (QED) is 0.773. The third-order valence-corrected chi connectivity index (χ3v) is 4.96. The molecule has 3 aromatic rings. The minimum absolute atomic E-state index is 0.0422. The molecule has 2 N–H and O–H groups in total. The first-order valence-corrected chi connectivity index (χ1v) is 8.59. The largest absolute Gasteiger partial charge is 0.349 e. The van der Waals surface area contributed by atoms with Gasteiger partial charge >= 0.3 is 0 Å². The maximum absolute atomic E-state index is 12.3. The fourth-order valence-corrected chi connectivity index (χ4v) is 3.58. The number of amides is 1. The molecule has 0 spiro atoms. The molecule has 0 radical (unpaired) electrons. The van der Waals surface area contributed by atoms with Gasteiger partial charge in [0.2, 0.25) is 5.91 Å². The van der Waals surface area contributed by atoms with Gasteiger partial charge in [-0.3, -0.25) is 9.59 Å². The molecule has 1 aromatic heterocycles. The zero-order valence-corrected chi connectivity index (χ0v) is 14.1. The maximum Gasteiger partial charge on any atom is 0.251 e. The van der Waals surface area contributed by atoms with Gasteiger partial charge in [-0.25, -0.2) is 0 Å². The van der Waals surface area contributed by atoms with E-state index in [0.717, 1.165) is 27.6 Å². The molecule has 2 unspecified atom stereocenters. The highest BCUT2D eigenvalue weighted by atomic mass is 16.2. The zero-order chi connectivity index (χ0) is 17.4. The summed E-state index contributed by atoms with van der Waals surface area (Å²) in [6.07, 6.45) is 1.17. The van der Waals surface area contributed by atoms with Gasteiger partial charge in [0.1, 0.15) is 0 Å². The summed E-state index contributed by atoms with van der Waals surface area (Å²) in [6, 6.07) is 18.0. The standard InChI is InChI=1S/C21H20N2O2/c1-13-10-19(24)23-20(13)15-8-6-14(7-9-15)11-17-12-16-4-2-3-5-18(16)22-21(17)25/h2-9,12-13,20H,10-11H2,1H3,(H,22,25)(H,23,24). The predicted molar refractivity (Wildman–Crippen MR) is 98.5 cm³/mol. The fraction of sp³-hybridized carbons (Fsp3) is 0.238. The molecule has 2 heterocycles. The Kier molecular flexibility index (Phi) is 3.88. The highest BCUT2D eigenvalue weighted by molar-refractivity contribution is 5.79. The lowest BCUT2D eigenvalue weighted by Gasteiger charge is -2.15. The Morgan fingerprint density at radius 3 is 2.52 bits per heavy atom. The average molecular weight is 332 g/mol. The first-order valence-electron chi connectivity index (χ1n) is 8.59. The van der Waals surface area contributed by atoms with Gasteiger partial charge in [0.05, 0.1) is 6.04 Å². The number of para-hydroxylation sites is 1. The molecule has 2 aromatic carbocycles. The minimum atomic E-state index is -0.0422. The Balaban J connectivity index is 1.58. The smallest absolute Gasteiger partial charge is 0.251 e. The van der Waals surface area contributed by atoms with Gasteiger partial charge in [-0.1, -0.05) is 49.4 Å². The molecule has 4 heteroatoms. The number of carbonyl (C=O) groups is 1. The Morgan fingerprint density at radius 1 is 1.04 bits per heavy atom. The number of nitrogens with one attached hydrogen (secondary N) is 2. The van der Waals surface area contributed by atoms with Crippen LogP contribution < -0.4 is 10.9 Å². The predicted octanol–water partition coefficient (Wildman–Crippen LogP) is 3.32. The van der Waals surface area contributed by atoms with E-state index in [1.54, 1.807) is 0 Å². The van der Waals surface area contributed by atoms with E-state index in [4.69, 9.17) is 0 Å². The number of rotatable bonds is 3. The number of H-pyrrole nitrogens is 1. The molecule has 1 aliphatic rings. The number of hydrogen-bond donors (Lipinski definition) is 2. The number of carbonyl (C=O) groups excluding carboxylic acids is 1. The molecule has 0 saturated carbocycles. The van der Waals surface area contributed by atoms with E-state index in [0.29, 0.717) is 18.8 Å². The van der Waals surface area contributed by atoms with Crippen molar-refractivity contribution >= 4 is 16.8 Å². The SMILES string of the molecule is CC1CC(=O)NC1c1ccc(Cc2cc3ccccc3[nH]c2=O)cc1. The van der Waals surface area contributed by atoms with Crippen molar-refractivity contribution in [2.75, 3.05) is 0 Å². The van der Waals surface area contributed by atoms with E-state index in [1.165, 1.54) is 0 Å². The summed E-state index contributed by atoms with van der Waals surface area (Å²) in [4.78, 5) is 26.8. The summed E-state index contributed by atoms with van der Waals surface area (Å²) in [5.41, 5.74) is 3.78. The maximum atomic E-state index is 12.3. The van der Waals surface area contributed by atoms with Gasteiger partial charge in [-0.05, 0) is 34.6 Å². The molecule has 4 nitrogen and oxygen atoms in total. The van der Waals surface area contributed by atoms with Crippen LogP contribution in [0, 0.1) is 5.92 Å². The van der Waals surface area contributed by atoms with Crippen LogP contribution in [0.2, 0.25) is 0 Å². The first kappa shape index (κ1) is 15.6. The summed E-state index contributed by atoms with van der Waals surface area (Å²) in [5.74, 6) is 0.422. The van der Waals surface area contributed by atoms with E-state index in [9.17, 15) is 9.59 Å². The van der Waals surface area contributed by atoms with E-state index < -0.39 is 0 Å². The number of pyridine rings is 1. The number of benzene rings is 2. The number of aromatic nitrogens is 1. The Morgan fingerprint density at radius 2 is 1.80 bits per heavy atom. The Labute approximate surface area is 145 Å². The van der Waals surface area contributed by atoms with Crippen LogP contribution >= 0.6 is 0 Å². The number of aromatic amines is 1. The number of hydrogen-bond acceptors (Lipinski definition) is 2. The lowest BCUT2D eigenvalue weighted by atomic mass is 9.94. The van der Waals surface area contributed by atoms with E-state index in [-0.39, 0.29) is 17.5 Å². The average Bonchev–Trinajstić information content (AvgIpc) is 2.94. The summed E-state index contributed by atoms with van der Waals surface area (Å²) in [5, 5.41) is 4.06. The van der Waals surface area contributed by atoms with Crippen molar-refractivity contribution in [3.05, 3.63) is 81.6 Å². The molecule has 1 amide bonds. The van der Waals surface area contributed by atoms with Crippen molar-refractivity contribution < 1.29 is 4.79 Å². The second-order valence-electron chi connectivity index (χ2n) is 6.86. The molecular weight excluding hydrogens is 312 g/mol. The molecule has 126 valence electrons. The Bertz CT molecular complexity index is 989. The lowest BCUT2D eigenvalue weighted by molar-refractivity contribution is -0.119. The van der Waals surface area contributed by atoms with Crippen LogP contribution in [0.5, 0.6) is 0 Å². The molecule has 0 bridgehead atoms. The molecule has 2 atom stereocenters. The second kappa shape index (κ2) is 6.20. The van der Waals surface area contributed by atoms with Crippen molar-refractivity contribution in [1.82, 2.24) is 10.3 Å². The molecule has 1 fully saturated rings. The normalized spacial score (nSPS) is 20.0. The van der Waals surface area contributed by atoms with Gasteiger partial charge in [0.25, 0.3) is 5.56 Å². The molecular formula is C21H20N2O2. The van der Waals surface area contributed by atoms with E-state index in [1.807, 2.05) is 42.5 Å². The van der Waals surface area contributed by atoms with Gasteiger partial charge in [0.15, 0.2) is 0 Å². The molecule has 1 saturated heterocycles. The molecule has 0 aliphatic carbocycles. The summed E-state index contributed by atoms with van der Waals surface area (Å²) in [7, 11) is 0. The van der Waals surface area contributed by atoms with Gasteiger partial charge in [0, 0.05) is 23.9 Å². The van der Waals surface area contributed by atoms with Crippen LogP contribution in [-0.4, -0.2) is 10.9 Å². The molecule has 4 rings (SSSR count). The van der Waals surface area contributed by atoms with Crippen LogP contribution in [0.4, 0.5) is 0 Å². The zero-order valence-electron chi connectivity index (χ0n) is 14.1. The fourth-order valence-electron chi connectivity index (χ4n) is 3.58. The third-order valence-electron chi connectivity index (χ3n) is 4.96. The third kappa shape index (κ3) is 3.07. The number of fused-ring (bicyclic) bond motifs is 1. The summed E-state index contributed by atoms with van der Waals surface area (Å²) in [6.45, 7) is 2.09. The summed E-state index contributed by atoms with van der Waals surface area (Å²) >= 11 is 0. The molecule has 25 heavy (non-hydrogen) atoms. The minimum Gasteiger partial charge on any atom is -0.349 e.